The van der Waals surface area contributed by atoms with Crippen LogP contribution in [0.2, 0.25) is 0 Å². The second-order valence-electron chi connectivity index (χ2n) is 5.31. The zero-order valence-electron chi connectivity index (χ0n) is 13.5. The fourth-order valence-electron chi connectivity index (χ4n) is 1.84. The van der Waals surface area contributed by atoms with E-state index >= 15 is 0 Å². The van der Waals surface area contributed by atoms with Crippen molar-refractivity contribution in [3.8, 4) is 5.75 Å². The maximum absolute atomic E-state index is 11.7. The van der Waals surface area contributed by atoms with Crippen LogP contribution in [0.15, 0.2) is 24.3 Å². The van der Waals surface area contributed by atoms with E-state index in [1.807, 2.05) is 43.3 Å². The van der Waals surface area contributed by atoms with Crippen LogP contribution in [-0.2, 0) is 16.1 Å². The predicted octanol–water partition coefficient (Wildman–Crippen LogP) is 0.769. The molecule has 0 spiro atoms. The van der Waals surface area contributed by atoms with Crippen LogP contribution < -0.4 is 15.4 Å². The summed E-state index contributed by atoms with van der Waals surface area (Å²) in [5, 5.41) is 5.47. The highest BCUT2D eigenvalue weighted by Crippen LogP contribution is 2.10. The summed E-state index contributed by atoms with van der Waals surface area (Å²) in [5.74, 6) is 0.249. The van der Waals surface area contributed by atoms with Crippen LogP contribution in [0.5, 0.6) is 5.75 Å². The Morgan fingerprint density at radius 1 is 1.09 bits per heavy atom. The van der Waals surface area contributed by atoms with Crippen LogP contribution in [0.25, 0.3) is 0 Å². The van der Waals surface area contributed by atoms with Gasteiger partial charge in [-0.25, -0.2) is 0 Å². The molecule has 2 N–H and O–H groups in total. The fourth-order valence-corrected chi connectivity index (χ4v) is 1.84. The molecule has 0 unspecified atom stereocenters. The molecule has 0 aliphatic carbocycles. The summed E-state index contributed by atoms with van der Waals surface area (Å²) in [7, 11) is 5.57. The number of hydrogen-bond donors (Lipinski definition) is 2. The summed E-state index contributed by atoms with van der Waals surface area (Å²) in [6, 6.07) is 7.42. The topological polar surface area (TPSA) is 70.7 Å². The summed E-state index contributed by atoms with van der Waals surface area (Å²) < 4.78 is 5.07. The molecule has 0 saturated carbocycles. The first-order valence-corrected chi connectivity index (χ1v) is 7.32. The molecule has 0 aromatic heterocycles. The summed E-state index contributed by atoms with van der Waals surface area (Å²) in [5.41, 5.74) is 0.959. The van der Waals surface area contributed by atoms with Gasteiger partial charge in [0.05, 0.1) is 7.11 Å². The summed E-state index contributed by atoms with van der Waals surface area (Å²) in [6.07, 6.45) is 0.727. The van der Waals surface area contributed by atoms with E-state index in [1.165, 1.54) is 0 Å². The van der Waals surface area contributed by atoms with Gasteiger partial charge in [0, 0.05) is 13.1 Å². The summed E-state index contributed by atoms with van der Waals surface area (Å²) >= 11 is 0. The van der Waals surface area contributed by atoms with Gasteiger partial charge in [-0.3, -0.25) is 9.59 Å². The molecular weight excluding hydrogens is 282 g/mol. The number of rotatable bonds is 9. The molecule has 0 heterocycles. The third-order valence-electron chi connectivity index (χ3n) is 3.07. The Kier molecular flexibility index (Phi) is 7.99. The first kappa shape index (κ1) is 18.0. The standard InChI is InChI=1S/C16H25N3O3/c1-19(2)10-4-9-17-15(20)11-16(21)18-12-13-5-7-14(22-3)8-6-13/h5-8H,4,9-12H2,1-3H3,(H,17,20)(H,18,21). The second kappa shape index (κ2) is 9.78. The minimum Gasteiger partial charge on any atom is -0.497 e. The SMILES string of the molecule is COc1ccc(CNC(=O)CC(=O)NCCCN(C)C)cc1. The van der Waals surface area contributed by atoms with Crippen molar-refractivity contribution < 1.29 is 14.3 Å². The number of amides is 2. The Labute approximate surface area is 131 Å². The minimum absolute atomic E-state index is 0.141. The quantitative estimate of drug-likeness (QED) is 0.522. The Morgan fingerprint density at radius 3 is 2.32 bits per heavy atom. The van der Waals surface area contributed by atoms with E-state index in [-0.39, 0.29) is 18.2 Å². The van der Waals surface area contributed by atoms with Crippen molar-refractivity contribution in [3.63, 3.8) is 0 Å². The largest absolute Gasteiger partial charge is 0.497 e. The van der Waals surface area contributed by atoms with Gasteiger partial charge in [0.25, 0.3) is 0 Å². The van der Waals surface area contributed by atoms with Gasteiger partial charge in [-0.1, -0.05) is 12.1 Å². The molecule has 22 heavy (non-hydrogen) atoms. The number of carbonyl (C=O) groups excluding carboxylic acids is 2. The fraction of sp³-hybridized carbons (Fsp3) is 0.500. The van der Waals surface area contributed by atoms with Crippen LogP contribution in [0.4, 0.5) is 0 Å². The van der Waals surface area contributed by atoms with E-state index < -0.39 is 0 Å². The molecule has 6 heteroatoms. The third kappa shape index (κ3) is 7.64. The zero-order valence-corrected chi connectivity index (χ0v) is 13.5. The van der Waals surface area contributed by atoms with Crippen LogP contribution in [0, 0.1) is 0 Å². The van der Waals surface area contributed by atoms with Gasteiger partial charge < -0.3 is 20.3 Å². The lowest BCUT2D eigenvalue weighted by Crippen LogP contribution is -2.33. The smallest absolute Gasteiger partial charge is 0.229 e. The number of nitrogens with zero attached hydrogens (tertiary/aromatic N) is 1. The minimum atomic E-state index is -0.277. The maximum Gasteiger partial charge on any atom is 0.229 e. The molecule has 1 aromatic rings. The Balaban J connectivity index is 2.20. The predicted molar refractivity (Wildman–Crippen MR) is 85.6 cm³/mol. The first-order chi connectivity index (χ1) is 10.5. The molecule has 0 aliphatic heterocycles. The number of nitrogens with one attached hydrogen (secondary N) is 2. The number of benzene rings is 1. The highest BCUT2D eigenvalue weighted by atomic mass is 16.5. The van der Waals surface area contributed by atoms with Gasteiger partial charge >= 0.3 is 0 Å². The average molecular weight is 307 g/mol. The van der Waals surface area contributed by atoms with E-state index in [0.717, 1.165) is 24.3 Å². The Bertz CT molecular complexity index is 472. The van der Waals surface area contributed by atoms with E-state index in [2.05, 4.69) is 10.6 Å². The lowest BCUT2D eigenvalue weighted by molar-refractivity contribution is -0.129. The lowest BCUT2D eigenvalue weighted by atomic mass is 10.2. The lowest BCUT2D eigenvalue weighted by Gasteiger charge is -2.10. The molecule has 1 rings (SSSR count). The summed E-state index contributed by atoms with van der Waals surface area (Å²) in [4.78, 5) is 25.3. The van der Waals surface area contributed by atoms with E-state index in [9.17, 15) is 9.59 Å². The molecule has 122 valence electrons. The molecule has 1 aromatic carbocycles. The number of hydrogen-bond acceptors (Lipinski definition) is 4. The molecule has 6 nitrogen and oxygen atoms in total. The number of methoxy groups -OCH3 is 1. The molecular formula is C16H25N3O3. The van der Waals surface area contributed by atoms with Gasteiger partial charge in [-0.15, -0.1) is 0 Å². The van der Waals surface area contributed by atoms with Crippen molar-refractivity contribution in [2.24, 2.45) is 0 Å². The van der Waals surface area contributed by atoms with Crippen molar-refractivity contribution in [3.05, 3.63) is 29.8 Å². The van der Waals surface area contributed by atoms with Crippen LogP contribution in [0.1, 0.15) is 18.4 Å². The molecule has 0 aliphatic rings. The van der Waals surface area contributed by atoms with Gasteiger partial charge in [-0.2, -0.15) is 0 Å². The van der Waals surface area contributed by atoms with Gasteiger partial charge in [0.15, 0.2) is 0 Å². The van der Waals surface area contributed by atoms with Crippen molar-refractivity contribution >= 4 is 11.8 Å². The van der Waals surface area contributed by atoms with Crippen LogP contribution in [0.3, 0.4) is 0 Å². The molecule has 0 bridgehead atoms. The van der Waals surface area contributed by atoms with E-state index in [4.69, 9.17) is 4.74 Å². The van der Waals surface area contributed by atoms with Gasteiger partial charge in [0.1, 0.15) is 12.2 Å². The van der Waals surface area contributed by atoms with Crippen molar-refractivity contribution in [1.82, 2.24) is 15.5 Å². The number of ether oxygens (including phenoxy) is 1. The van der Waals surface area contributed by atoms with E-state index in [0.29, 0.717) is 13.1 Å². The molecule has 2 amide bonds. The number of carbonyl (C=O) groups is 2. The third-order valence-corrected chi connectivity index (χ3v) is 3.07. The molecule has 0 saturated heterocycles. The van der Waals surface area contributed by atoms with Gasteiger partial charge in [-0.05, 0) is 44.8 Å². The van der Waals surface area contributed by atoms with Crippen molar-refractivity contribution in [2.75, 3.05) is 34.3 Å². The zero-order chi connectivity index (χ0) is 16.4. The second-order valence-corrected chi connectivity index (χ2v) is 5.31. The maximum atomic E-state index is 11.7. The normalized spacial score (nSPS) is 10.4. The van der Waals surface area contributed by atoms with Gasteiger partial charge in [0.2, 0.25) is 11.8 Å². The van der Waals surface area contributed by atoms with Crippen molar-refractivity contribution in [1.29, 1.82) is 0 Å². The Hall–Kier alpha value is -2.08. The molecule has 0 fully saturated rings. The average Bonchev–Trinajstić information content (AvgIpc) is 2.50. The van der Waals surface area contributed by atoms with Crippen molar-refractivity contribution in [2.45, 2.75) is 19.4 Å². The summed E-state index contributed by atoms with van der Waals surface area (Å²) in [6.45, 7) is 1.89. The van der Waals surface area contributed by atoms with Crippen LogP contribution >= 0.6 is 0 Å². The monoisotopic (exact) mass is 307 g/mol. The molecule has 0 atom stereocenters. The molecule has 0 radical (unpaired) electrons. The Morgan fingerprint density at radius 2 is 1.73 bits per heavy atom. The highest BCUT2D eigenvalue weighted by molar-refractivity contribution is 5.96. The highest BCUT2D eigenvalue weighted by Gasteiger charge is 2.08. The van der Waals surface area contributed by atoms with E-state index in [1.54, 1.807) is 7.11 Å². The van der Waals surface area contributed by atoms with Crippen LogP contribution in [-0.4, -0.2) is 51.0 Å². The first-order valence-electron chi connectivity index (χ1n) is 7.32.